The van der Waals surface area contributed by atoms with Crippen LogP contribution in [0.4, 0.5) is 5.69 Å². The Morgan fingerprint density at radius 1 is 1.46 bits per heavy atom. The Morgan fingerprint density at radius 3 is 2.92 bits per heavy atom. The monoisotopic (exact) mass is 175 g/mol. The topological polar surface area (TPSA) is 3.24 Å². The fraction of sp³-hybridized carbons (Fsp3) is 0.500. The van der Waals surface area contributed by atoms with Crippen LogP contribution in [0.1, 0.15) is 30.9 Å². The zero-order chi connectivity index (χ0) is 9.42. The molecule has 0 aliphatic carbocycles. The van der Waals surface area contributed by atoms with Gasteiger partial charge in [0.2, 0.25) is 0 Å². The fourth-order valence-corrected chi connectivity index (χ4v) is 2.17. The third-order valence-corrected chi connectivity index (χ3v) is 2.99. The Hall–Kier alpha value is -0.980. The minimum atomic E-state index is 0.700. The van der Waals surface area contributed by atoms with E-state index in [1.165, 1.54) is 23.4 Å². The number of anilines is 1. The molecule has 70 valence electrons. The summed E-state index contributed by atoms with van der Waals surface area (Å²) in [4.78, 5) is 2.35. The van der Waals surface area contributed by atoms with Gasteiger partial charge in [0.05, 0.1) is 0 Å². The van der Waals surface area contributed by atoms with E-state index in [4.69, 9.17) is 0 Å². The molecule has 2 rings (SSSR count). The van der Waals surface area contributed by atoms with Crippen LogP contribution in [-0.2, 0) is 6.42 Å². The van der Waals surface area contributed by atoms with Crippen molar-refractivity contribution in [1.29, 1.82) is 0 Å². The van der Waals surface area contributed by atoms with E-state index < -0.39 is 0 Å². The molecule has 1 heterocycles. The first-order chi connectivity index (χ1) is 6.22. The van der Waals surface area contributed by atoms with Gasteiger partial charge in [-0.15, -0.1) is 0 Å². The van der Waals surface area contributed by atoms with Gasteiger partial charge in [-0.25, -0.2) is 0 Å². The summed E-state index contributed by atoms with van der Waals surface area (Å²) in [6.45, 7) is 5.69. The van der Waals surface area contributed by atoms with Gasteiger partial charge in [-0.05, 0) is 23.6 Å². The lowest BCUT2D eigenvalue weighted by atomic mass is 10.0. The lowest BCUT2D eigenvalue weighted by Gasteiger charge is -2.11. The predicted molar refractivity (Wildman–Crippen MR) is 57.5 cm³/mol. The molecule has 1 unspecified atom stereocenters. The zero-order valence-corrected chi connectivity index (χ0v) is 8.67. The largest absolute Gasteiger partial charge is 0.374 e. The molecular formula is C12H17N. The summed E-state index contributed by atoms with van der Waals surface area (Å²) in [5.74, 6) is 0.700. The van der Waals surface area contributed by atoms with Gasteiger partial charge in [0.15, 0.2) is 0 Å². The van der Waals surface area contributed by atoms with Gasteiger partial charge in [-0.1, -0.05) is 26.0 Å². The number of hydrogen-bond acceptors (Lipinski definition) is 1. The number of fused-ring (bicyclic) bond motifs is 1. The molecule has 0 saturated heterocycles. The molecular weight excluding hydrogens is 158 g/mol. The van der Waals surface area contributed by atoms with Crippen molar-refractivity contribution >= 4 is 5.69 Å². The summed E-state index contributed by atoms with van der Waals surface area (Å²) in [6, 6.07) is 6.87. The summed E-state index contributed by atoms with van der Waals surface area (Å²) < 4.78 is 0. The van der Waals surface area contributed by atoms with Crippen LogP contribution in [0.3, 0.4) is 0 Å². The molecule has 1 aromatic rings. The number of likely N-dealkylation sites (N-methyl/N-ethyl adjacent to an activating group) is 1. The van der Waals surface area contributed by atoms with Gasteiger partial charge in [-0.2, -0.15) is 0 Å². The highest BCUT2D eigenvalue weighted by Crippen LogP contribution is 2.35. The summed E-state index contributed by atoms with van der Waals surface area (Å²) in [6.07, 6.45) is 1.14. The number of benzene rings is 1. The molecule has 1 aliphatic heterocycles. The lowest BCUT2D eigenvalue weighted by molar-refractivity contribution is 0.795. The minimum Gasteiger partial charge on any atom is -0.374 e. The first-order valence-electron chi connectivity index (χ1n) is 5.06. The van der Waals surface area contributed by atoms with Crippen molar-refractivity contribution in [3.8, 4) is 0 Å². The quantitative estimate of drug-likeness (QED) is 0.634. The van der Waals surface area contributed by atoms with E-state index in [9.17, 15) is 0 Å². The normalized spacial score (nSPS) is 20.5. The molecule has 0 N–H and O–H groups in total. The predicted octanol–water partition coefficient (Wildman–Crippen LogP) is 2.80. The SMILES string of the molecule is CCc1ccc2c(c1)C(C)CN2C. The highest BCUT2D eigenvalue weighted by molar-refractivity contribution is 5.60. The van der Waals surface area contributed by atoms with Crippen LogP contribution in [0.5, 0.6) is 0 Å². The van der Waals surface area contributed by atoms with Crippen LogP contribution in [0.25, 0.3) is 0 Å². The summed E-state index contributed by atoms with van der Waals surface area (Å²) >= 11 is 0. The van der Waals surface area contributed by atoms with Gasteiger partial charge in [-0.3, -0.25) is 0 Å². The molecule has 0 fully saturated rings. The Morgan fingerprint density at radius 2 is 2.23 bits per heavy atom. The molecule has 0 aromatic heterocycles. The lowest BCUT2D eigenvalue weighted by Crippen LogP contribution is -2.13. The Bertz CT molecular complexity index is 317. The second-order valence-corrected chi connectivity index (χ2v) is 4.03. The van der Waals surface area contributed by atoms with E-state index >= 15 is 0 Å². The maximum absolute atomic E-state index is 2.36. The van der Waals surface area contributed by atoms with Crippen LogP contribution in [0.2, 0.25) is 0 Å². The highest BCUT2D eigenvalue weighted by Gasteiger charge is 2.22. The number of rotatable bonds is 1. The Labute approximate surface area is 80.4 Å². The van der Waals surface area contributed by atoms with Gasteiger partial charge >= 0.3 is 0 Å². The van der Waals surface area contributed by atoms with Crippen LogP contribution in [-0.4, -0.2) is 13.6 Å². The van der Waals surface area contributed by atoms with Crippen LogP contribution >= 0.6 is 0 Å². The first kappa shape index (κ1) is 8.61. The second kappa shape index (κ2) is 3.06. The molecule has 1 aliphatic rings. The van der Waals surface area contributed by atoms with Crippen LogP contribution in [0, 0.1) is 0 Å². The highest BCUT2D eigenvalue weighted by atomic mass is 15.1. The van der Waals surface area contributed by atoms with Crippen molar-refractivity contribution in [2.75, 3.05) is 18.5 Å². The summed E-state index contributed by atoms with van der Waals surface area (Å²) in [7, 11) is 2.17. The summed E-state index contributed by atoms with van der Waals surface area (Å²) in [5, 5.41) is 0. The molecule has 0 amide bonds. The van der Waals surface area contributed by atoms with Crippen molar-refractivity contribution < 1.29 is 0 Å². The molecule has 1 aromatic carbocycles. The second-order valence-electron chi connectivity index (χ2n) is 4.03. The molecule has 1 heteroatoms. The van der Waals surface area contributed by atoms with E-state index in [2.05, 4.69) is 44.0 Å². The molecule has 0 spiro atoms. The van der Waals surface area contributed by atoms with Gasteiger partial charge < -0.3 is 4.90 Å². The van der Waals surface area contributed by atoms with Crippen molar-refractivity contribution in [3.05, 3.63) is 29.3 Å². The Balaban J connectivity index is 2.46. The molecule has 1 atom stereocenters. The third-order valence-electron chi connectivity index (χ3n) is 2.99. The maximum Gasteiger partial charge on any atom is 0.0399 e. The number of aryl methyl sites for hydroxylation is 1. The van der Waals surface area contributed by atoms with Crippen LogP contribution in [0.15, 0.2) is 18.2 Å². The third kappa shape index (κ3) is 1.32. The minimum absolute atomic E-state index is 0.700. The molecule has 0 bridgehead atoms. The van der Waals surface area contributed by atoms with E-state index in [0.29, 0.717) is 5.92 Å². The van der Waals surface area contributed by atoms with Gasteiger partial charge in [0, 0.05) is 25.2 Å². The Kier molecular flexibility index (Phi) is 2.03. The van der Waals surface area contributed by atoms with E-state index in [1.807, 2.05) is 0 Å². The number of nitrogens with zero attached hydrogens (tertiary/aromatic N) is 1. The van der Waals surface area contributed by atoms with E-state index in [0.717, 1.165) is 6.42 Å². The molecule has 13 heavy (non-hydrogen) atoms. The average molecular weight is 175 g/mol. The van der Waals surface area contributed by atoms with E-state index in [1.54, 1.807) is 0 Å². The van der Waals surface area contributed by atoms with Crippen molar-refractivity contribution in [3.63, 3.8) is 0 Å². The van der Waals surface area contributed by atoms with Gasteiger partial charge in [0.25, 0.3) is 0 Å². The first-order valence-corrected chi connectivity index (χ1v) is 5.06. The molecule has 0 radical (unpaired) electrons. The molecule has 1 nitrogen and oxygen atoms in total. The zero-order valence-electron chi connectivity index (χ0n) is 8.67. The van der Waals surface area contributed by atoms with E-state index in [-0.39, 0.29) is 0 Å². The average Bonchev–Trinajstić information content (AvgIpc) is 2.42. The summed E-state index contributed by atoms with van der Waals surface area (Å²) in [5.41, 5.74) is 4.41. The standard InChI is InChI=1S/C12H17N/c1-4-10-5-6-12-11(7-10)9(2)8-13(12)3/h5-7,9H,4,8H2,1-3H3. The smallest absolute Gasteiger partial charge is 0.0399 e. The van der Waals surface area contributed by atoms with Gasteiger partial charge in [0.1, 0.15) is 0 Å². The fourth-order valence-electron chi connectivity index (χ4n) is 2.17. The molecule has 0 saturated carbocycles. The van der Waals surface area contributed by atoms with Crippen molar-refractivity contribution in [2.45, 2.75) is 26.2 Å². The number of hydrogen-bond donors (Lipinski definition) is 0. The van der Waals surface area contributed by atoms with Crippen molar-refractivity contribution in [1.82, 2.24) is 0 Å². The van der Waals surface area contributed by atoms with Crippen molar-refractivity contribution in [2.24, 2.45) is 0 Å². The maximum atomic E-state index is 2.36. The van der Waals surface area contributed by atoms with Crippen LogP contribution < -0.4 is 4.90 Å².